The molecule has 3 aliphatic heterocycles. The molecular formula is C20H14O7. The second-order valence-corrected chi connectivity index (χ2v) is 6.25. The molecule has 0 saturated carbocycles. The van der Waals surface area contributed by atoms with Gasteiger partial charge in [-0.15, -0.1) is 0 Å². The fraction of sp³-hybridized carbons (Fsp3) is 0.200. The van der Waals surface area contributed by atoms with Gasteiger partial charge < -0.3 is 23.7 Å². The summed E-state index contributed by atoms with van der Waals surface area (Å²) in [6, 6.07) is 10.6. The van der Waals surface area contributed by atoms with Crippen molar-refractivity contribution in [3.8, 4) is 23.0 Å². The Morgan fingerprint density at radius 2 is 1.44 bits per heavy atom. The van der Waals surface area contributed by atoms with Crippen molar-refractivity contribution < 1.29 is 33.3 Å². The van der Waals surface area contributed by atoms with E-state index in [2.05, 4.69) is 0 Å². The minimum atomic E-state index is -0.660. The normalized spacial score (nSPS) is 17.3. The van der Waals surface area contributed by atoms with Crippen molar-refractivity contribution in [2.24, 2.45) is 0 Å². The van der Waals surface area contributed by atoms with Crippen molar-refractivity contribution in [2.45, 2.75) is 6.42 Å². The SMILES string of the molecule is O=C1OC(=O)C(c2ccc3c(c2)OCCO3)=C1Cc1ccc2c(c1)OCO2. The number of ether oxygens (including phenoxy) is 5. The first-order valence-electron chi connectivity index (χ1n) is 8.47. The number of cyclic esters (lactones) is 2. The van der Waals surface area contributed by atoms with Crippen LogP contribution in [0.5, 0.6) is 23.0 Å². The van der Waals surface area contributed by atoms with Gasteiger partial charge >= 0.3 is 11.9 Å². The molecule has 7 nitrogen and oxygen atoms in total. The topological polar surface area (TPSA) is 80.3 Å². The number of esters is 2. The largest absolute Gasteiger partial charge is 0.486 e. The summed E-state index contributed by atoms with van der Waals surface area (Å²) in [5.74, 6) is 1.13. The van der Waals surface area contributed by atoms with Gasteiger partial charge in [-0.05, 0) is 35.4 Å². The van der Waals surface area contributed by atoms with Crippen LogP contribution < -0.4 is 18.9 Å². The van der Waals surface area contributed by atoms with Crippen LogP contribution in [0.3, 0.4) is 0 Å². The van der Waals surface area contributed by atoms with Gasteiger partial charge in [-0.2, -0.15) is 0 Å². The van der Waals surface area contributed by atoms with Crippen molar-refractivity contribution in [1.82, 2.24) is 0 Å². The molecule has 2 aromatic carbocycles. The third kappa shape index (κ3) is 2.68. The molecule has 5 rings (SSSR count). The molecule has 2 aromatic rings. The van der Waals surface area contributed by atoms with Crippen LogP contribution in [0.15, 0.2) is 42.0 Å². The van der Waals surface area contributed by atoms with Crippen molar-refractivity contribution in [2.75, 3.05) is 20.0 Å². The van der Waals surface area contributed by atoms with E-state index in [1.54, 1.807) is 30.3 Å². The van der Waals surface area contributed by atoms with Crippen molar-refractivity contribution in [3.63, 3.8) is 0 Å². The van der Waals surface area contributed by atoms with Gasteiger partial charge in [0, 0.05) is 6.42 Å². The van der Waals surface area contributed by atoms with Gasteiger partial charge in [-0.3, -0.25) is 0 Å². The van der Waals surface area contributed by atoms with Gasteiger partial charge in [0.2, 0.25) is 6.79 Å². The maximum Gasteiger partial charge on any atom is 0.347 e. The Morgan fingerprint density at radius 3 is 2.33 bits per heavy atom. The van der Waals surface area contributed by atoms with Crippen LogP contribution in [-0.4, -0.2) is 31.9 Å². The summed E-state index contributed by atoms with van der Waals surface area (Å²) in [7, 11) is 0. The standard InChI is InChI=1S/C20H14O7/c21-19-13(7-11-1-3-15-16(8-11)26-10-25-15)18(20(22)27-19)12-2-4-14-17(9-12)24-6-5-23-14/h1-4,8-9H,5-7,10H2. The summed E-state index contributed by atoms with van der Waals surface area (Å²) in [5, 5.41) is 0. The van der Waals surface area contributed by atoms with E-state index in [9.17, 15) is 9.59 Å². The fourth-order valence-electron chi connectivity index (χ4n) is 3.33. The molecule has 0 amide bonds. The van der Waals surface area contributed by atoms with E-state index in [0.717, 1.165) is 5.56 Å². The van der Waals surface area contributed by atoms with Crippen molar-refractivity contribution in [1.29, 1.82) is 0 Å². The second kappa shape index (κ2) is 6.05. The Bertz CT molecular complexity index is 1010. The Morgan fingerprint density at radius 1 is 0.741 bits per heavy atom. The molecule has 0 aliphatic carbocycles. The molecule has 0 saturated heterocycles. The highest BCUT2D eigenvalue weighted by Crippen LogP contribution is 2.38. The molecule has 3 aliphatic rings. The van der Waals surface area contributed by atoms with E-state index in [1.807, 2.05) is 6.07 Å². The summed E-state index contributed by atoms with van der Waals surface area (Å²) in [4.78, 5) is 24.6. The quantitative estimate of drug-likeness (QED) is 0.609. The average Bonchev–Trinajstić information content (AvgIpc) is 3.25. The third-order valence-electron chi connectivity index (χ3n) is 4.59. The van der Waals surface area contributed by atoms with Crippen LogP contribution in [0.1, 0.15) is 11.1 Å². The number of hydrogen-bond donors (Lipinski definition) is 0. The minimum absolute atomic E-state index is 0.171. The van der Waals surface area contributed by atoms with Crippen LogP contribution >= 0.6 is 0 Å². The van der Waals surface area contributed by atoms with Crippen LogP contribution in [0, 0.1) is 0 Å². The first kappa shape index (κ1) is 15.7. The second-order valence-electron chi connectivity index (χ2n) is 6.25. The Hall–Kier alpha value is -3.48. The Kier molecular flexibility index (Phi) is 3.53. The third-order valence-corrected chi connectivity index (χ3v) is 4.59. The molecule has 7 heteroatoms. The number of hydrogen-bond acceptors (Lipinski definition) is 7. The predicted molar refractivity (Wildman–Crippen MR) is 91.7 cm³/mol. The Labute approximate surface area is 154 Å². The zero-order chi connectivity index (χ0) is 18.4. The van der Waals surface area contributed by atoms with Gasteiger partial charge in [0.15, 0.2) is 23.0 Å². The van der Waals surface area contributed by atoms with Crippen LogP contribution in [0.25, 0.3) is 5.57 Å². The zero-order valence-corrected chi connectivity index (χ0v) is 14.2. The predicted octanol–water partition coefficient (Wildman–Crippen LogP) is 2.27. The van der Waals surface area contributed by atoms with Gasteiger partial charge in [-0.1, -0.05) is 12.1 Å². The smallest absolute Gasteiger partial charge is 0.347 e. The molecule has 0 aromatic heterocycles. The highest BCUT2D eigenvalue weighted by molar-refractivity contribution is 6.31. The average molecular weight is 366 g/mol. The lowest BCUT2D eigenvalue weighted by atomic mass is 9.96. The maximum absolute atomic E-state index is 12.3. The molecule has 0 bridgehead atoms. The highest BCUT2D eigenvalue weighted by atomic mass is 16.7. The number of carbonyl (C=O) groups is 2. The van der Waals surface area contributed by atoms with Gasteiger partial charge in [0.25, 0.3) is 0 Å². The van der Waals surface area contributed by atoms with Crippen LogP contribution in [0.4, 0.5) is 0 Å². The van der Waals surface area contributed by atoms with Crippen molar-refractivity contribution in [3.05, 3.63) is 53.1 Å². The van der Waals surface area contributed by atoms with Crippen molar-refractivity contribution >= 4 is 17.5 Å². The lowest BCUT2D eigenvalue weighted by Gasteiger charge is -2.18. The van der Waals surface area contributed by atoms with Crippen LogP contribution in [-0.2, 0) is 20.7 Å². The zero-order valence-electron chi connectivity index (χ0n) is 14.2. The summed E-state index contributed by atoms with van der Waals surface area (Å²) < 4.78 is 26.6. The number of benzene rings is 2. The van der Waals surface area contributed by atoms with Gasteiger partial charge in [0.1, 0.15) is 13.2 Å². The molecule has 0 fully saturated rings. The number of fused-ring (bicyclic) bond motifs is 2. The lowest BCUT2D eigenvalue weighted by Crippen LogP contribution is -2.15. The van der Waals surface area contributed by atoms with E-state index in [4.69, 9.17) is 23.7 Å². The summed E-state index contributed by atoms with van der Waals surface area (Å²) in [5.41, 5.74) is 1.92. The molecule has 0 unspecified atom stereocenters. The highest BCUT2D eigenvalue weighted by Gasteiger charge is 2.34. The first-order chi connectivity index (χ1) is 13.2. The molecular weight excluding hydrogens is 352 g/mol. The molecule has 0 N–H and O–H groups in total. The fourth-order valence-corrected chi connectivity index (χ4v) is 3.33. The summed E-state index contributed by atoms with van der Waals surface area (Å²) >= 11 is 0. The maximum atomic E-state index is 12.3. The molecule has 136 valence electrons. The van der Waals surface area contributed by atoms with E-state index in [0.29, 0.717) is 47.3 Å². The van der Waals surface area contributed by atoms with E-state index in [1.165, 1.54) is 0 Å². The molecule has 27 heavy (non-hydrogen) atoms. The summed E-state index contributed by atoms with van der Waals surface area (Å²) in [6.07, 6.45) is 0.241. The van der Waals surface area contributed by atoms with Gasteiger partial charge in [0.05, 0.1) is 11.1 Å². The molecule has 0 atom stereocenters. The minimum Gasteiger partial charge on any atom is -0.486 e. The molecule has 3 heterocycles. The lowest BCUT2D eigenvalue weighted by molar-refractivity contribution is -0.150. The number of carbonyl (C=O) groups excluding carboxylic acids is 2. The Balaban J connectivity index is 1.54. The van der Waals surface area contributed by atoms with E-state index >= 15 is 0 Å². The molecule has 0 radical (unpaired) electrons. The van der Waals surface area contributed by atoms with E-state index < -0.39 is 11.9 Å². The monoisotopic (exact) mass is 366 g/mol. The van der Waals surface area contributed by atoms with Crippen LogP contribution in [0.2, 0.25) is 0 Å². The first-order valence-corrected chi connectivity index (χ1v) is 8.47. The summed E-state index contributed by atoms with van der Waals surface area (Å²) in [6.45, 7) is 1.08. The molecule has 0 spiro atoms. The number of rotatable bonds is 3. The van der Waals surface area contributed by atoms with E-state index in [-0.39, 0.29) is 18.8 Å². The van der Waals surface area contributed by atoms with Gasteiger partial charge in [-0.25, -0.2) is 9.59 Å².